The van der Waals surface area contributed by atoms with Crippen molar-refractivity contribution in [2.45, 2.75) is 25.7 Å². The minimum Gasteiger partial charge on any atom is -0.365 e. The van der Waals surface area contributed by atoms with Gasteiger partial charge < -0.3 is 9.26 Å². The highest BCUT2D eigenvalue weighted by atomic mass is 35.5. The molecular formula is C20H15Cl2N5O2. The molecular weight excluding hydrogens is 413 g/mol. The molecule has 7 nitrogen and oxygen atoms in total. The largest absolute Gasteiger partial charge is 0.365 e. The lowest BCUT2D eigenvalue weighted by molar-refractivity contribution is -0.00111. The summed E-state index contributed by atoms with van der Waals surface area (Å²) in [4.78, 5) is 4.46. The molecule has 4 aromatic rings. The van der Waals surface area contributed by atoms with Crippen molar-refractivity contribution in [1.29, 1.82) is 0 Å². The van der Waals surface area contributed by atoms with Crippen molar-refractivity contribution in [2.24, 2.45) is 0 Å². The van der Waals surface area contributed by atoms with Gasteiger partial charge in [0.05, 0.1) is 25.3 Å². The predicted molar refractivity (Wildman–Crippen MR) is 107 cm³/mol. The lowest BCUT2D eigenvalue weighted by Gasteiger charge is -2.24. The number of hydrogen-bond acceptors (Lipinski definition) is 6. The first kappa shape index (κ1) is 18.3. The van der Waals surface area contributed by atoms with Crippen molar-refractivity contribution in [3.05, 3.63) is 81.3 Å². The number of rotatable bonds is 4. The van der Waals surface area contributed by atoms with Crippen LogP contribution in [0.5, 0.6) is 0 Å². The summed E-state index contributed by atoms with van der Waals surface area (Å²) in [7, 11) is 0. The Morgan fingerprint density at radius 2 is 1.90 bits per heavy atom. The van der Waals surface area contributed by atoms with E-state index in [9.17, 15) is 0 Å². The normalized spacial score (nSPS) is 16.0. The van der Waals surface area contributed by atoms with Crippen molar-refractivity contribution < 1.29 is 9.26 Å². The molecule has 0 fully saturated rings. The van der Waals surface area contributed by atoms with Gasteiger partial charge in [-0.2, -0.15) is 4.98 Å². The predicted octanol–water partition coefficient (Wildman–Crippen LogP) is 4.50. The Hall–Kier alpha value is -2.74. The second-order valence-corrected chi connectivity index (χ2v) is 7.54. The molecule has 1 aliphatic rings. The molecule has 0 aliphatic carbocycles. The third-order valence-electron chi connectivity index (χ3n) is 4.82. The Morgan fingerprint density at radius 1 is 1.07 bits per heavy atom. The maximum atomic E-state index is 6.21. The van der Waals surface area contributed by atoms with Crippen LogP contribution in [0.3, 0.4) is 0 Å². The zero-order valence-corrected chi connectivity index (χ0v) is 16.6. The Morgan fingerprint density at radius 3 is 2.72 bits per heavy atom. The van der Waals surface area contributed by atoms with E-state index in [4.69, 9.17) is 32.5 Å². The standard InChI is InChI=1S/C20H15Cl2N5O2/c21-14-7-5-12(6-8-14)17-10-27-16(11-28-17)19(24-26-27)20-23-18(29-25-20)9-13-3-1-2-4-15(13)22/h1-8,17H,9-11H2/t17-/m1/s1. The van der Waals surface area contributed by atoms with Crippen LogP contribution in [0.1, 0.15) is 28.8 Å². The molecule has 0 spiro atoms. The van der Waals surface area contributed by atoms with Crippen LogP contribution in [0.15, 0.2) is 53.1 Å². The van der Waals surface area contributed by atoms with Gasteiger partial charge >= 0.3 is 0 Å². The molecule has 0 amide bonds. The van der Waals surface area contributed by atoms with Crippen LogP contribution < -0.4 is 0 Å². The molecule has 146 valence electrons. The Labute approximate surface area is 176 Å². The van der Waals surface area contributed by atoms with Gasteiger partial charge in [-0.25, -0.2) is 4.68 Å². The first-order valence-electron chi connectivity index (χ1n) is 9.03. The lowest BCUT2D eigenvalue weighted by atomic mass is 10.1. The minimum atomic E-state index is -0.115. The second kappa shape index (κ2) is 7.59. The molecule has 29 heavy (non-hydrogen) atoms. The smallest absolute Gasteiger partial charge is 0.231 e. The molecule has 1 atom stereocenters. The van der Waals surface area contributed by atoms with Crippen LogP contribution >= 0.6 is 23.2 Å². The van der Waals surface area contributed by atoms with Crippen LogP contribution in [0.2, 0.25) is 10.0 Å². The van der Waals surface area contributed by atoms with Gasteiger partial charge in [0, 0.05) is 10.0 Å². The van der Waals surface area contributed by atoms with Crippen molar-refractivity contribution in [3.63, 3.8) is 0 Å². The van der Waals surface area contributed by atoms with Gasteiger partial charge in [0.1, 0.15) is 6.10 Å². The molecule has 0 unspecified atom stereocenters. The molecule has 0 N–H and O–H groups in total. The van der Waals surface area contributed by atoms with Gasteiger partial charge in [-0.3, -0.25) is 0 Å². The van der Waals surface area contributed by atoms with Crippen molar-refractivity contribution in [3.8, 4) is 11.5 Å². The maximum absolute atomic E-state index is 6.21. The fraction of sp³-hybridized carbons (Fsp3) is 0.200. The molecule has 0 radical (unpaired) electrons. The van der Waals surface area contributed by atoms with Crippen LogP contribution in [-0.2, 0) is 24.3 Å². The summed E-state index contributed by atoms with van der Waals surface area (Å²) in [5.74, 6) is 0.854. The fourth-order valence-electron chi connectivity index (χ4n) is 3.29. The van der Waals surface area contributed by atoms with E-state index in [1.165, 1.54) is 0 Å². The second-order valence-electron chi connectivity index (χ2n) is 6.70. The molecule has 3 heterocycles. The van der Waals surface area contributed by atoms with E-state index in [0.29, 0.717) is 47.0 Å². The summed E-state index contributed by atoms with van der Waals surface area (Å²) >= 11 is 12.2. The molecule has 1 aliphatic heterocycles. The summed E-state index contributed by atoms with van der Waals surface area (Å²) in [6.45, 7) is 0.901. The number of hydrogen-bond donors (Lipinski definition) is 0. The first-order valence-corrected chi connectivity index (χ1v) is 9.79. The number of ether oxygens (including phenoxy) is 1. The SMILES string of the molecule is Clc1ccc([C@H]2Cn3nnc(-c4noc(Cc5ccccc5Cl)n4)c3CO2)cc1. The Bertz CT molecular complexity index is 1160. The van der Waals surface area contributed by atoms with Crippen molar-refractivity contribution in [2.75, 3.05) is 0 Å². The van der Waals surface area contributed by atoms with Gasteiger partial charge in [0.2, 0.25) is 11.7 Å². The fourth-order valence-corrected chi connectivity index (χ4v) is 3.62. The third-order valence-corrected chi connectivity index (χ3v) is 5.44. The van der Waals surface area contributed by atoms with Crippen LogP contribution in [0.4, 0.5) is 0 Å². The molecule has 0 saturated carbocycles. The van der Waals surface area contributed by atoms with Gasteiger partial charge in [0.15, 0.2) is 5.69 Å². The van der Waals surface area contributed by atoms with Crippen LogP contribution in [0, 0.1) is 0 Å². The van der Waals surface area contributed by atoms with E-state index in [-0.39, 0.29) is 6.10 Å². The zero-order valence-electron chi connectivity index (χ0n) is 15.1. The zero-order chi connectivity index (χ0) is 19.8. The molecule has 9 heteroatoms. The number of halogens is 2. The Balaban J connectivity index is 1.36. The summed E-state index contributed by atoms with van der Waals surface area (Å²) in [6, 6.07) is 15.2. The van der Waals surface area contributed by atoms with Crippen molar-refractivity contribution >= 4 is 23.2 Å². The van der Waals surface area contributed by atoms with E-state index < -0.39 is 0 Å². The lowest BCUT2D eigenvalue weighted by Crippen LogP contribution is -2.22. The molecule has 2 aromatic carbocycles. The van der Waals surface area contributed by atoms with Crippen LogP contribution in [0.25, 0.3) is 11.5 Å². The van der Waals surface area contributed by atoms with E-state index >= 15 is 0 Å². The highest BCUT2D eigenvalue weighted by Gasteiger charge is 2.27. The maximum Gasteiger partial charge on any atom is 0.231 e. The first-order chi connectivity index (χ1) is 14.2. The number of aromatic nitrogens is 5. The molecule has 0 bridgehead atoms. The van der Waals surface area contributed by atoms with E-state index in [0.717, 1.165) is 16.8 Å². The highest BCUT2D eigenvalue weighted by Crippen LogP contribution is 2.30. The van der Waals surface area contributed by atoms with Gasteiger partial charge in [-0.15, -0.1) is 5.10 Å². The van der Waals surface area contributed by atoms with Crippen molar-refractivity contribution in [1.82, 2.24) is 25.1 Å². The summed E-state index contributed by atoms with van der Waals surface area (Å²) in [5.41, 5.74) is 3.34. The molecule has 0 saturated heterocycles. The monoisotopic (exact) mass is 427 g/mol. The number of benzene rings is 2. The number of fused-ring (bicyclic) bond motifs is 1. The van der Waals surface area contributed by atoms with Gasteiger partial charge in [-0.1, -0.05) is 63.9 Å². The summed E-state index contributed by atoms with van der Waals surface area (Å²) in [5, 5.41) is 13.9. The topological polar surface area (TPSA) is 78.9 Å². The minimum absolute atomic E-state index is 0.115. The average molecular weight is 428 g/mol. The molecule has 2 aromatic heterocycles. The van der Waals surface area contributed by atoms with Crippen LogP contribution in [-0.4, -0.2) is 25.1 Å². The van der Waals surface area contributed by atoms with E-state index in [1.807, 2.05) is 53.2 Å². The van der Waals surface area contributed by atoms with E-state index in [2.05, 4.69) is 20.5 Å². The molecule has 5 rings (SSSR count). The quantitative estimate of drug-likeness (QED) is 0.477. The van der Waals surface area contributed by atoms with E-state index in [1.54, 1.807) is 0 Å². The van der Waals surface area contributed by atoms with Gasteiger partial charge in [0.25, 0.3) is 0 Å². The third kappa shape index (κ3) is 3.64. The number of nitrogens with zero attached hydrogens (tertiary/aromatic N) is 5. The van der Waals surface area contributed by atoms with Gasteiger partial charge in [-0.05, 0) is 29.3 Å². The average Bonchev–Trinajstić information content (AvgIpc) is 3.36. The summed E-state index contributed by atoms with van der Waals surface area (Å²) in [6.07, 6.45) is 0.334. The highest BCUT2D eigenvalue weighted by molar-refractivity contribution is 6.31. The Kier molecular flexibility index (Phi) is 4.79. The summed E-state index contributed by atoms with van der Waals surface area (Å²) < 4.78 is 13.2.